The van der Waals surface area contributed by atoms with E-state index >= 15 is 0 Å². The van der Waals surface area contributed by atoms with Gasteiger partial charge in [-0.15, -0.1) is 0 Å². The highest BCUT2D eigenvalue weighted by Gasteiger charge is 2.17. The third-order valence-electron chi connectivity index (χ3n) is 3.55. The molecule has 0 spiro atoms. The molecule has 1 N–H and O–H groups in total. The number of hydrogen-bond acceptors (Lipinski definition) is 4. The third kappa shape index (κ3) is 2.18. The molecule has 0 aliphatic carbocycles. The number of H-pyrrole nitrogens is 1. The minimum Gasteiger partial charge on any atom is -0.472 e. The van der Waals surface area contributed by atoms with Gasteiger partial charge in [0.05, 0.1) is 11.8 Å². The molecule has 0 saturated heterocycles. The molecule has 0 radical (unpaired) electrons. The number of nitrogens with one attached hydrogen (secondary N) is 1. The molecule has 3 rings (SSSR count). The summed E-state index contributed by atoms with van der Waals surface area (Å²) >= 11 is 0. The van der Waals surface area contributed by atoms with Crippen molar-refractivity contribution >= 4 is 11.2 Å². The van der Waals surface area contributed by atoms with Crippen LogP contribution in [-0.2, 0) is 13.1 Å². The summed E-state index contributed by atoms with van der Waals surface area (Å²) in [6.07, 6.45) is 4.59. The highest BCUT2D eigenvalue weighted by molar-refractivity contribution is 5.75. The van der Waals surface area contributed by atoms with E-state index in [1.165, 1.54) is 10.8 Å². The summed E-state index contributed by atoms with van der Waals surface area (Å²) in [4.78, 5) is 32.5. The number of imidazole rings is 1. The van der Waals surface area contributed by atoms with Crippen LogP contribution < -0.4 is 11.2 Å². The molecule has 3 heterocycles. The lowest BCUT2D eigenvalue weighted by molar-refractivity contribution is 0.555. The quantitative estimate of drug-likeness (QED) is 0.780. The molecule has 3 aromatic heterocycles. The van der Waals surface area contributed by atoms with Crippen LogP contribution in [0, 0.1) is 0 Å². The zero-order valence-electron chi connectivity index (χ0n) is 12.6. The standard InChI is InChI=1S/C15H18N4O3/c1-3-6-18-13-11(14(20)19(7-4-2)15(18)21)16-12(17-13)10-5-8-22-9-10/h5,8-9H,3-4,6-7H2,1-2H3,(H,16,17). The van der Waals surface area contributed by atoms with Crippen LogP contribution in [0.2, 0.25) is 0 Å². The molecule has 0 aromatic carbocycles. The maximum atomic E-state index is 12.5. The van der Waals surface area contributed by atoms with Crippen LogP contribution in [0.3, 0.4) is 0 Å². The van der Waals surface area contributed by atoms with Crippen LogP contribution >= 0.6 is 0 Å². The minimum atomic E-state index is -0.323. The lowest BCUT2D eigenvalue weighted by atomic mass is 10.3. The van der Waals surface area contributed by atoms with Gasteiger partial charge < -0.3 is 9.40 Å². The van der Waals surface area contributed by atoms with E-state index in [1.54, 1.807) is 16.9 Å². The Hall–Kier alpha value is -2.57. The Morgan fingerprint density at radius 3 is 2.55 bits per heavy atom. The van der Waals surface area contributed by atoms with Gasteiger partial charge in [-0.25, -0.2) is 9.78 Å². The first-order valence-electron chi connectivity index (χ1n) is 7.43. The van der Waals surface area contributed by atoms with Crippen LogP contribution in [0.4, 0.5) is 0 Å². The van der Waals surface area contributed by atoms with E-state index < -0.39 is 0 Å². The Kier molecular flexibility index (Phi) is 3.70. The topological polar surface area (TPSA) is 85.8 Å². The molecule has 0 aliphatic rings. The number of aromatic nitrogens is 4. The zero-order chi connectivity index (χ0) is 15.7. The molecular weight excluding hydrogens is 284 g/mol. The molecule has 7 nitrogen and oxygen atoms in total. The van der Waals surface area contributed by atoms with Crippen molar-refractivity contribution in [1.82, 2.24) is 19.1 Å². The van der Waals surface area contributed by atoms with E-state index in [2.05, 4.69) is 9.97 Å². The molecule has 0 saturated carbocycles. The van der Waals surface area contributed by atoms with Gasteiger partial charge >= 0.3 is 5.69 Å². The predicted octanol–water partition coefficient (Wildman–Crippen LogP) is 1.97. The molecule has 0 unspecified atom stereocenters. The number of nitrogens with zero attached hydrogens (tertiary/aromatic N) is 3. The fourth-order valence-electron chi connectivity index (χ4n) is 2.55. The average molecular weight is 302 g/mol. The fraction of sp³-hybridized carbons (Fsp3) is 0.400. The number of rotatable bonds is 5. The molecule has 0 amide bonds. The molecule has 0 aliphatic heterocycles. The largest absolute Gasteiger partial charge is 0.472 e. The van der Waals surface area contributed by atoms with Crippen molar-refractivity contribution in [2.24, 2.45) is 0 Å². The average Bonchev–Trinajstić information content (AvgIpc) is 3.16. The fourth-order valence-corrected chi connectivity index (χ4v) is 2.55. The Labute approximate surface area is 126 Å². The van der Waals surface area contributed by atoms with Gasteiger partial charge in [-0.1, -0.05) is 13.8 Å². The van der Waals surface area contributed by atoms with E-state index in [4.69, 9.17) is 4.42 Å². The second kappa shape index (κ2) is 5.67. The molecule has 0 fully saturated rings. The zero-order valence-corrected chi connectivity index (χ0v) is 12.6. The number of hydrogen-bond donors (Lipinski definition) is 1. The first-order chi connectivity index (χ1) is 10.7. The monoisotopic (exact) mass is 302 g/mol. The van der Waals surface area contributed by atoms with Crippen LogP contribution in [0.25, 0.3) is 22.6 Å². The molecule has 22 heavy (non-hydrogen) atoms. The molecule has 0 atom stereocenters. The lowest BCUT2D eigenvalue weighted by Gasteiger charge is -2.09. The maximum absolute atomic E-state index is 12.5. The van der Waals surface area contributed by atoms with Crippen LogP contribution in [0.1, 0.15) is 26.7 Å². The molecule has 7 heteroatoms. The minimum absolute atomic E-state index is 0.300. The smallest absolute Gasteiger partial charge is 0.332 e. The summed E-state index contributed by atoms with van der Waals surface area (Å²) < 4.78 is 7.88. The van der Waals surface area contributed by atoms with Crippen molar-refractivity contribution in [2.75, 3.05) is 0 Å². The Bertz CT molecular complexity index is 899. The van der Waals surface area contributed by atoms with Crippen molar-refractivity contribution in [2.45, 2.75) is 39.8 Å². The summed E-state index contributed by atoms with van der Waals surface area (Å²) in [5, 5.41) is 0. The highest BCUT2D eigenvalue weighted by atomic mass is 16.3. The van der Waals surface area contributed by atoms with Gasteiger partial charge in [-0.05, 0) is 18.9 Å². The van der Waals surface area contributed by atoms with Crippen molar-refractivity contribution in [1.29, 1.82) is 0 Å². The van der Waals surface area contributed by atoms with Gasteiger partial charge in [0.1, 0.15) is 17.6 Å². The van der Waals surface area contributed by atoms with Crippen LogP contribution in [0.5, 0.6) is 0 Å². The summed E-state index contributed by atoms with van der Waals surface area (Å²) in [7, 11) is 0. The van der Waals surface area contributed by atoms with E-state index in [1.807, 2.05) is 13.8 Å². The normalized spacial score (nSPS) is 11.4. The number of aromatic amines is 1. The summed E-state index contributed by atoms with van der Waals surface area (Å²) in [5.41, 5.74) is 0.883. The van der Waals surface area contributed by atoms with Crippen molar-refractivity contribution in [3.8, 4) is 11.4 Å². The first kappa shape index (κ1) is 14.4. The van der Waals surface area contributed by atoms with Gasteiger partial charge in [0.25, 0.3) is 5.56 Å². The Morgan fingerprint density at radius 1 is 1.18 bits per heavy atom. The molecule has 3 aromatic rings. The van der Waals surface area contributed by atoms with E-state index in [-0.39, 0.29) is 11.2 Å². The van der Waals surface area contributed by atoms with Crippen molar-refractivity contribution in [3.63, 3.8) is 0 Å². The predicted molar refractivity (Wildman–Crippen MR) is 82.9 cm³/mol. The van der Waals surface area contributed by atoms with Gasteiger partial charge in [-0.3, -0.25) is 13.9 Å². The summed E-state index contributed by atoms with van der Waals surface area (Å²) in [6, 6.07) is 1.75. The second-order valence-corrected chi connectivity index (χ2v) is 5.19. The van der Waals surface area contributed by atoms with Crippen molar-refractivity contribution < 1.29 is 4.42 Å². The van der Waals surface area contributed by atoms with E-state index in [0.29, 0.717) is 30.1 Å². The second-order valence-electron chi connectivity index (χ2n) is 5.19. The molecular formula is C15H18N4O3. The number of furan rings is 1. The third-order valence-corrected chi connectivity index (χ3v) is 3.55. The molecule has 0 bridgehead atoms. The van der Waals surface area contributed by atoms with Gasteiger partial charge in [0.2, 0.25) is 0 Å². The van der Waals surface area contributed by atoms with E-state index in [0.717, 1.165) is 18.4 Å². The highest BCUT2D eigenvalue weighted by Crippen LogP contribution is 2.18. The van der Waals surface area contributed by atoms with Gasteiger partial charge in [-0.2, -0.15) is 0 Å². The van der Waals surface area contributed by atoms with E-state index in [9.17, 15) is 9.59 Å². The maximum Gasteiger partial charge on any atom is 0.332 e. The number of fused-ring (bicyclic) bond motifs is 1. The van der Waals surface area contributed by atoms with Crippen LogP contribution in [-0.4, -0.2) is 19.1 Å². The first-order valence-corrected chi connectivity index (χ1v) is 7.43. The Balaban J connectivity index is 2.33. The molecule has 116 valence electrons. The lowest BCUT2D eigenvalue weighted by Crippen LogP contribution is -2.40. The van der Waals surface area contributed by atoms with Gasteiger partial charge in [0, 0.05) is 13.1 Å². The summed E-state index contributed by atoms with van der Waals surface area (Å²) in [6.45, 7) is 4.84. The van der Waals surface area contributed by atoms with Crippen LogP contribution in [0.15, 0.2) is 32.6 Å². The SMILES string of the molecule is CCCn1c(=O)c2[nH]c(-c3ccoc3)nc2n(CCC)c1=O. The van der Waals surface area contributed by atoms with Crippen molar-refractivity contribution in [3.05, 3.63) is 39.4 Å². The van der Waals surface area contributed by atoms with Gasteiger partial charge in [0.15, 0.2) is 5.65 Å². The summed E-state index contributed by atoms with van der Waals surface area (Å²) in [5.74, 6) is 0.527. The Morgan fingerprint density at radius 2 is 1.91 bits per heavy atom. The number of aryl methyl sites for hydroxylation is 1.